The molecule has 3 rings (SSSR count). The Morgan fingerprint density at radius 1 is 1.09 bits per heavy atom. The largest absolute Gasteiger partial charge is 0.508 e. The number of rotatable bonds is 4. The van der Waals surface area contributed by atoms with Crippen LogP contribution >= 0.6 is 0 Å². The maximum Gasteiger partial charge on any atom is 0.291 e. The first-order valence-electron chi connectivity index (χ1n) is 6.58. The predicted molar refractivity (Wildman–Crippen MR) is 82.3 cm³/mol. The Morgan fingerprint density at radius 3 is 2.64 bits per heavy atom. The molecule has 0 saturated heterocycles. The maximum atomic E-state index is 12.0. The van der Waals surface area contributed by atoms with Gasteiger partial charge in [0.25, 0.3) is 5.91 Å². The minimum absolute atomic E-state index is 0.179. The fraction of sp³-hybridized carbons (Fsp3) is 0. The summed E-state index contributed by atoms with van der Waals surface area (Å²) in [5.41, 5.74) is 1.27. The molecule has 0 aliphatic rings. The molecule has 3 aromatic rings. The zero-order valence-electron chi connectivity index (χ0n) is 11.5. The lowest BCUT2D eigenvalue weighted by atomic mass is 10.3. The van der Waals surface area contributed by atoms with Gasteiger partial charge in [-0.3, -0.25) is 4.79 Å². The van der Waals surface area contributed by atoms with Crippen LogP contribution in [0.2, 0.25) is 0 Å². The van der Waals surface area contributed by atoms with Crippen molar-refractivity contribution in [2.75, 3.05) is 10.6 Å². The van der Waals surface area contributed by atoms with Gasteiger partial charge in [0, 0.05) is 11.9 Å². The van der Waals surface area contributed by atoms with Crippen LogP contribution in [0.25, 0.3) is 0 Å². The maximum absolute atomic E-state index is 12.0. The van der Waals surface area contributed by atoms with E-state index in [4.69, 9.17) is 4.42 Å². The van der Waals surface area contributed by atoms with Crippen LogP contribution in [0.5, 0.6) is 5.75 Å². The Bertz CT molecular complexity index is 768. The van der Waals surface area contributed by atoms with Gasteiger partial charge in [0.2, 0.25) is 0 Å². The van der Waals surface area contributed by atoms with E-state index in [-0.39, 0.29) is 17.4 Å². The number of benzene rings is 1. The number of carbonyl (C=O) groups is 1. The number of carbonyl (C=O) groups excluding carboxylic acids is 1. The normalized spacial score (nSPS) is 10.2. The number of hydrogen-bond acceptors (Lipinski definition) is 5. The van der Waals surface area contributed by atoms with E-state index in [0.717, 1.165) is 5.69 Å². The van der Waals surface area contributed by atoms with Gasteiger partial charge < -0.3 is 20.2 Å². The third-order valence-corrected chi connectivity index (χ3v) is 2.93. The summed E-state index contributed by atoms with van der Waals surface area (Å²) in [5, 5.41) is 15.1. The standard InChI is InChI=1S/C16H13N3O3/c20-12-7-5-11(6-8-12)18-15-13(3-1-9-17-15)19-16(21)14-4-2-10-22-14/h1-10,20H,(H,17,18)(H,19,21). The number of anilines is 3. The molecule has 0 spiro atoms. The second-order valence-corrected chi connectivity index (χ2v) is 4.50. The first-order valence-corrected chi connectivity index (χ1v) is 6.58. The van der Waals surface area contributed by atoms with Crippen molar-refractivity contribution in [2.45, 2.75) is 0 Å². The Kier molecular flexibility index (Phi) is 3.74. The topological polar surface area (TPSA) is 87.4 Å². The smallest absolute Gasteiger partial charge is 0.291 e. The molecule has 1 amide bonds. The van der Waals surface area contributed by atoms with Gasteiger partial charge in [-0.2, -0.15) is 0 Å². The molecule has 0 fully saturated rings. The molecule has 2 aromatic heterocycles. The predicted octanol–water partition coefficient (Wildman–Crippen LogP) is 3.38. The number of pyridine rings is 1. The van der Waals surface area contributed by atoms with E-state index in [2.05, 4.69) is 15.6 Å². The first-order chi connectivity index (χ1) is 10.7. The molecular weight excluding hydrogens is 282 g/mol. The number of nitrogens with zero attached hydrogens (tertiary/aromatic N) is 1. The Balaban J connectivity index is 1.80. The lowest BCUT2D eigenvalue weighted by Crippen LogP contribution is -2.12. The van der Waals surface area contributed by atoms with E-state index in [9.17, 15) is 9.90 Å². The average molecular weight is 295 g/mol. The Morgan fingerprint density at radius 2 is 1.91 bits per heavy atom. The number of phenolic OH excluding ortho intramolecular Hbond substituents is 1. The van der Waals surface area contributed by atoms with E-state index in [0.29, 0.717) is 11.5 Å². The van der Waals surface area contributed by atoms with Gasteiger partial charge in [-0.25, -0.2) is 4.98 Å². The van der Waals surface area contributed by atoms with Crippen LogP contribution in [0, 0.1) is 0 Å². The van der Waals surface area contributed by atoms with Crippen LogP contribution < -0.4 is 10.6 Å². The van der Waals surface area contributed by atoms with E-state index >= 15 is 0 Å². The summed E-state index contributed by atoms with van der Waals surface area (Å²) >= 11 is 0. The lowest BCUT2D eigenvalue weighted by molar-refractivity contribution is 0.0996. The SMILES string of the molecule is O=C(Nc1cccnc1Nc1ccc(O)cc1)c1ccco1. The molecule has 0 atom stereocenters. The third-order valence-electron chi connectivity index (χ3n) is 2.93. The Hall–Kier alpha value is -3.28. The van der Waals surface area contributed by atoms with Crippen LogP contribution in [0.15, 0.2) is 65.4 Å². The highest BCUT2D eigenvalue weighted by atomic mass is 16.3. The van der Waals surface area contributed by atoms with Crippen molar-refractivity contribution in [3.8, 4) is 5.75 Å². The van der Waals surface area contributed by atoms with Gasteiger partial charge in [-0.15, -0.1) is 0 Å². The van der Waals surface area contributed by atoms with Crippen LogP contribution in [-0.4, -0.2) is 16.0 Å². The first kappa shape index (κ1) is 13.7. The van der Waals surface area contributed by atoms with Crippen molar-refractivity contribution >= 4 is 23.1 Å². The summed E-state index contributed by atoms with van der Waals surface area (Å²) in [6, 6.07) is 13.2. The number of amides is 1. The molecule has 0 aliphatic heterocycles. The monoisotopic (exact) mass is 295 g/mol. The van der Waals surface area contributed by atoms with Crippen LogP contribution in [0.1, 0.15) is 10.6 Å². The minimum atomic E-state index is -0.355. The summed E-state index contributed by atoms with van der Waals surface area (Å²) in [6.07, 6.45) is 3.05. The number of nitrogens with one attached hydrogen (secondary N) is 2. The molecule has 0 radical (unpaired) electrons. The van der Waals surface area contributed by atoms with Gasteiger partial charge in [0.05, 0.1) is 12.0 Å². The molecule has 6 nitrogen and oxygen atoms in total. The summed E-state index contributed by atoms with van der Waals surface area (Å²) in [5.74, 6) is 0.539. The van der Waals surface area contributed by atoms with E-state index < -0.39 is 0 Å². The van der Waals surface area contributed by atoms with E-state index in [1.807, 2.05) is 0 Å². The van der Waals surface area contributed by atoms with Crippen molar-refractivity contribution in [3.63, 3.8) is 0 Å². The van der Waals surface area contributed by atoms with Crippen molar-refractivity contribution in [1.29, 1.82) is 0 Å². The Labute approximate surface area is 126 Å². The molecule has 22 heavy (non-hydrogen) atoms. The molecule has 0 unspecified atom stereocenters. The summed E-state index contributed by atoms with van der Waals surface area (Å²) in [4.78, 5) is 16.2. The highest BCUT2D eigenvalue weighted by Crippen LogP contribution is 2.24. The zero-order chi connectivity index (χ0) is 15.4. The summed E-state index contributed by atoms with van der Waals surface area (Å²) in [6.45, 7) is 0. The molecular formula is C16H13N3O3. The number of furan rings is 1. The summed E-state index contributed by atoms with van der Waals surface area (Å²) < 4.78 is 5.06. The third kappa shape index (κ3) is 3.06. The number of aromatic nitrogens is 1. The molecule has 1 aromatic carbocycles. The highest BCUT2D eigenvalue weighted by molar-refractivity contribution is 6.03. The van der Waals surface area contributed by atoms with Crippen molar-refractivity contribution < 1.29 is 14.3 Å². The van der Waals surface area contributed by atoms with Gasteiger partial charge in [0.15, 0.2) is 11.6 Å². The average Bonchev–Trinajstić information content (AvgIpc) is 3.06. The quantitative estimate of drug-likeness (QED) is 0.642. The van der Waals surface area contributed by atoms with E-state index in [1.54, 1.807) is 54.7 Å². The second-order valence-electron chi connectivity index (χ2n) is 4.50. The van der Waals surface area contributed by atoms with Crippen LogP contribution in [-0.2, 0) is 0 Å². The minimum Gasteiger partial charge on any atom is -0.508 e. The van der Waals surface area contributed by atoms with Crippen molar-refractivity contribution in [1.82, 2.24) is 4.98 Å². The van der Waals surface area contributed by atoms with Crippen LogP contribution in [0.4, 0.5) is 17.2 Å². The molecule has 0 saturated carbocycles. The number of hydrogen-bond donors (Lipinski definition) is 3. The fourth-order valence-electron chi connectivity index (χ4n) is 1.88. The molecule has 3 N–H and O–H groups in total. The van der Waals surface area contributed by atoms with E-state index in [1.165, 1.54) is 6.26 Å². The highest BCUT2D eigenvalue weighted by Gasteiger charge is 2.12. The van der Waals surface area contributed by atoms with Gasteiger partial charge >= 0.3 is 0 Å². The van der Waals surface area contributed by atoms with Gasteiger partial charge in [-0.05, 0) is 48.5 Å². The van der Waals surface area contributed by atoms with Gasteiger partial charge in [0.1, 0.15) is 5.75 Å². The molecule has 2 heterocycles. The number of aromatic hydroxyl groups is 1. The summed E-state index contributed by atoms with van der Waals surface area (Å²) in [7, 11) is 0. The molecule has 0 aliphatic carbocycles. The van der Waals surface area contributed by atoms with Crippen molar-refractivity contribution in [3.05, 3.63) is 66.8 Å². The van der Waals surface area contributed by atoms with Gasteiger partial charge in [-0.1, -0.05) is 0 Å². The van der Waals surface area contributed by atoms with Crippen molar-refractivity contribution in [2.24, 2.45) is 0 Å². The molecule has 0 bridgehead atoms. The van der Waals surface area contributed by atoms with Crippen LogP contribution in [0.3, 0.4) is 0 Å². The molecule has 6 heteroatoms. The molecule has 110 valence electrons. The fourth-order valence-corrected chi connectivity index (χ4v) is 1.88. The lowest BCUT2D eigenvalue weighted by Gasteiger charge is -2.11. The second kappa shape index (κ2) is 6.01. The zero-order valence-corrected chi connectivity index (χ0v) is 11.5. The number of phenols is 1.